The molecule has 61 heavy (non-hydrogen) atoms. The number of nitrogens with zero attached hydrogens (tertiary/aromatic N) is 3. The topological polar surface area (TPSA) is 182 Å². The first-order valence-corrected chi connectivity index (χ1v) is 21.0. The maximum atomic E-state index is 17.4. The molecule has 0 aliphatic carbocycles. The molecule has 3 aromatic carbocycles. The van der Waals surface area contributed by atoms with Gasteiger partial charge in [-0.15, -0.1) is 0 Å². The first-order chi connectivity index (χ1) is 34.9. The molecule has 8 rings (SSSR count). The molecular formula is C42H42F4N3O10S2+. The number of hydrogen-bond acceptors (Lipinski definition) is 8. The van der Waals surface area contributed by atoms with Crippen LogP contribution in [0.1, 0.15) is 112 Å². The van der Waals surface area contributed by atoms with E-state index in [1.54, 1.807) is 0 Å². The minimum Gasteiger partial charge on any atom is -0.481 e. The Labute approximate surface area is 370 Å². The molecular weight excluding hydrogens is 847 g/mol. The Bertz CT molecular complexity index is 3590. The fourth-order valence-corrected chi connectivity index (χ4v) is 9.48. The highest BCUT2D eigenvalue weighted by Crippen LogP contribution is 2.53. The van der Waals surface area contributed by atoms with Gasteiger partial charge in [0, 0.05) is 89.8 Å². The molecule has 0 unspecified atom stereocenters. The SMILES string of the molecule is [2H]C([2H])([2H])C1(C([2H])([2H])[2H])C=C(C([2H])([2H])S(=O)(=O)O)c2cc3c(c4c2N1CCC4)Oc1c2c4c(cc1=C3c1c(F)c(F)c(F)c(F)c1C(=O)N(C)CCC(=O)O)C(C([2H])([2H])S(=O)(=O)O)=CC(C([2H])([2H])[2H])(C([2H])([2H])[2H])[N+]=4CCC2. The van der Waals surface area contributed by atoms with Gasteiger partial charge in [0.15, 0.2) is 28.8 Å². The average molecular weight is 905 g/mol. The average Bonchev–Trinajstić information content (AvgIpc) is 3.30. The van der Waals surface area contributed by atoms with E-state index in [1.807, 2.05) is 0 Å². The second-order valence-corrected chi connectivity index (χ2v) is 17.2. The van der Waals surface area contributed by atoms with Crippen LogP contribution in [0, 0.1) is 23.3 Å². The fraction of sp³-hybridized carbons (Fsp3) is 0.405. The van der Waals surface area contributed by atoms with Crippen LogP contribution in [0.4, 0.5) is 23.2 Å². The van der Waals surface area contributed by atoms with Crippen molar-refractivity contribution >= 4 is 54.5 Å². The van der Waals surface area contributed by atoms with Crippen LogP contribution in [-0.2, 0) is 37.9 Å². The molecule has 0 atom stereocenters. The molecule has 19 heteroatoms. The lowest BCUT2D eigenvalue weighted by molar-refractivity contribution is -0.137. The summed E-state index contributed by atoms with van der Waals surface area (Å²) in [5.41, 5.74) is -26.4. The van der Waals surface area contributed by atoms with Crippen molar-refractivity contribution in [2.45, 2.75) is 70.6 Å². The molecule has 5 aliphatic rings. The molecule has 0 saturated carbocycles. The van der Waals surface area contributed by atoms with Gasteiger partial charge in [-0.25, -0.2) is 22.1 Å². The molecule has 324 valence electrons. The quantitative estimate of drug-likeness (QED) is 0.0710. The van der Waals surface area contributed by atoms with E-state index in [4.69, 9.17) is 26.7 Å². The number of ether oxygens (including phenoxy) is 1. The smallest absolute Gasteiger partial charge is 0.305 e. The Hall–Kier alpha value is -5.11. The highest BCUT2D eigenvalue weighted by molar-refractivity contribution is 7.86. The van der Waals surface area contributed by atoms with Crippen molar-refractivity contribution < 1.29 is 84.9 Å². The molecule has 0 bridgehead atoms. The van der Waals surface area contributed by atoms with E-state index in [9.17, 15) is 40.6 Å². The number of aliphatic carboxylic acids is 1. The summed E-state index contributed by atoms with van der Waals surface area (Å²) < 4.78 is 285. The van der Waals surface area contributed by atoms with Crippen molar-refractivity contribution in [2.24, 2.45) is 0 Å². The first kappa shape index (κ1) is 27.1. The van der Waals surface area contributed by atoms with E-state index >= 15 is 17.6 Å². The fourth-order valence-electron chi connectivity index (χ4n) is 8.59. The van der Waals surface area contributed by atoms with Crippen LogP contribution in [0.5, 0.6) is 11.5 Å². The second-order valence-electron chi connectivity index (χ2n) is 14.9. The number of fused-ring (bicyclic) bond motifs is 4. The maximum Gasteiger partial charge on any atom is 0.305 e. The Kier molecular flexibility index (Phi) is 6.31. The summed E-state index contributed by atoms with van der Waals surface area (Å²) in [6, 6.07) is 1.31. The molecule has 0 spiro atoms. The van der Waals surface area contributed by atoms with Crippen LogP contribution in [0.25, 0.3) is 16.7 Å². The number of carbonyl (C=O) groups excluding carboxylic acids is 1. The Balaban J connectivity index is 1.72. The van der Waals surface area contributed by atoms with Gasteiger partial charge in [-0.2, -0.15) is 16.8 Å². The normalized spacial score (nSPS) is 23.4. The van der Waals surface area contributed by atoms with Gasteiger partial charge in [-0.05, 0) is 62.3 Å². The highest BCUT2D eigenvalue weighted by Gasteiger charge is 2.45. The maximum absolute atomic E-state index is 17.4. The number of carbonyl (C=O) groups is 2. The molecule has 0 saturated heterocycles. The summed E-state index contributed by atoms with van der Waals surface area (Å²) >= 11 is 0. The molecule has 0 radical (unpaired) electrons. The summed E-state index contributed by atoms with van der Waals surface area (Å²) in [4.78, 5) is 27.3. The summed E-state index contributed by atoms with van der Waals surface area (Å²) in [5.74, 6) is -14.9. The number of halogens is 4. The Morgan fingerprint density at radius 3 is 2.18 bits per heavy atom. The van der Waals surface area contributed by atoms with Crippen LogP contribution in [0.3, 0.4) is 0 Å². The molecule has 3 N–H and O–H groups in total. The van der Waals surface area contributed by atoms with Gasteiger partial charge in [0.25, 0.3) is 26.1 Å². The molecule has 0 aromatic heterocycles. The zero-order valence-corrected chi connectivity index (χ0v) is 33.0. The van der Waals surface area contributed by atoms with E-state index in [0.717, 1.165) is 16.5 Å². The van der Waals surface area contributed by atoms with E-state index < -0.39 is 228 Å². The van der Waals surface area contributed by atoms with E-state index in [1.165, 1.54) is 0 Å². The van der Waals surface area contributed by atoms with E-state index in [-0.39, 0.29) is 25.0 Å². The number of amides is 1. The number of carboxylic acids is 1. The predicted molar refractivity (Wildman–Crippen MR) is 216 cm³/mol. The zero-order valence-electron chi connectivity index (χ0n) is 47.3. The van der Waals surface area contributed by atoms with Crippen molar-refractivity contribution in [3.05, 3.63) is 97.1 Å². The van der Waals surface area contributed by atoms with Gasteiger partial charge in [-0.3, -0.25) is 18.7 Å². The first-order valence-electron chi connectivity index (χ1n) is 26.1. The number of anilines is 1. The van der Waals surface area contributed by atoms with Crippen LogP contribution in [-0.4, -0.2) is 97.0 Å². The van der Waals surface area contributed by atoms with Crippen molar-refractivity contribution in [3.8, 4) is 11.5 Å². The number of rotatable bonds is 9. The third-order valence-corrected chi connectivity index (χ3v) is 11.9. The van der Waals surface area contributed by atoms with Crippen molar-refractivity contribution in [1.29, 1.82) is 0 Å². The van der Waals surface area contributed by atoms with Crippen molar-refractivity contribution in [2.75, 3.05) is 43.0 Å². The van der Waals surface area contributed by atoms with Crippen molar-refractivity contribution in [1.82, 2.24) is 9.48 Å². The molecule has 5 aliphatic heterocycles. The minimum absolute atomic E-state index is 0.220. The standard InChI is InChI=1S/C42H41F4N3O10S2/c1-41(2)16-20(18-60(53,54)55)24-14-26-29(30-31(33(44)35(46)34(45)32(30)43)40(52)47(5)13-10-28(50)51)27-15-25-21(19-61(56,57)58)17-42(3,4)49-12-7-9-23(37(25)49)39(27)59-38(26)22-8-6-11-48(41)36(22)24/h14-17H,6-13,18-19H2,1-5H3,(H2-,50,51,53,54,55,56,57,58)/p+1/i1D3,2D3,3D3,4D3,18D2,19D2. The Morgan fingerprint density at radius 2 is 1.54 bits per heavy atom. The van der Waals surface area contributed by atoms with Crippen molar-refractivity contribution in [3.63, 3.8) is 0 Å². The van der Waals surface area contributed by atoms with Gasteiger partial charge in [0.05, 0.1) is 39.8 Å². The third kappa shape index (κ3) is 7.02. The highest BCUT2D eigenvalue weighted by atomic mass is 32.2. The monoisotopic (exact) mass is 904 g/mol. The van der Waals surface area contributed by atoms with E-state index in [2.05, 4.69) is 0 Å². The minimum atomic E-state index is -6.13. The number of benzene rings is 3. The molecule has 1 amide bonds. The van der Waals surface area contributed by atoms with E-state index in [0.29, 0.717) is 17.0 Å². The lowest BCUT2D eigenvalue weighted by Crippen LogP contribution is -2.53. The zero-order chi connectivity index (χ0) is 58.0. The lowest BCUT2D eigenvalue weighted by Gasteiger charge is -2.47. The molecule has 5 heterocycles. The summed E-state index contributed by atoms with van der Waals surface area (Å²) in [5, 5.41) is 7.96. The summed E-state index contributed by atoms with van der Waals surface area (Å²) in [6.45, 7) is -16.9. The predicted octanol–water partition coefficient (Wildman–Crippen LogP) is 4.46. The largest absolute Gasteiger partial charge is 0.481 e. The molecule has 0 fully saturated rings. The van der Waals surface area contributed by atoms with Crippen LogP contribution >= 0.6 is 0 Å². The van der Waals surface area contributed by atoms with Gasteiger partial charge in [0.1, 0.15) is 29.5 Å². The van der Waals surface area contributed by atoms with Gasteiger partial charge in [0.2, 0.25) is 5.36 Å². The molecule has 13 nitrogen and oxygen atoms in total. The van der Waals surface area contributed by atoms with Crippen LogP contribution in [0.2, 0.25) is 0 Å². The lowest BCUT2D eigenvalue weighted by atomic mass is 9.78. The number of carboxylic acid groups (broad SMARTS) is 1. The molecule has 3 aromatic rings. The van der Waals surface area contributed by atoms with Crippen LogP contribution in [0.15, 0.2) is 24.3 Å². The van der Waals surface area contributed by atoms with Gasteiger partial charge in [-0.1, -0.05) is 6.08 Å². The van der Waals surface area contributed by atoms with Gasteiger partial charge >= 0.3 is 5.97 Å². The van der Waals surface area contributed by atoms with Gasteiger partial charge < -0.3 is 19.6 Å². The van der Waals surface area contributed by atoms with Crippen LogP contribution < -0.4 is 24.8 Å². The second kappa shape index (κ2) is 14.2. The number of hydrogen-bond donors (Lipinski definition) is 3. The summed E-state index contributed by atoms with van der Waals surface area (Å²) in [6.07, 6.45) is -1.86. The Morgan fingerprint density at radius 1 is 0.885 bits per heavy atom. The third-order valence-electron chi connectivity index (χ3n) is 11.0. The summed E-state index contributed by atoms with van der Waals surface area (Å²) in [7, 11) is -11.4.